The fourth-order valence-corrected chi connectivity index (χ4v) is 4.52. The van der Waals surface area contributed by atoms with Crippen molar-refractivity contribution in [2.45, 2.75) is 25.8 Å². The van der Waals surface area contributed by atoms with Crippen LogP contribution in [0.4, 0.5) is 5.69 Å². The predicted molar refractivity (Wildman–Crippen MR) is 113 cm³/mol. The second-order valence-corrected chi connectivity index (χ2v) is 8.83. The van der Waals surface area contributed by atoms with Gasteiger partial charge in [0.1, 0.15) is 0 Å². The quantitative estimate of drug-likeness (QED) is 0.751. The molecule has 3 heterocycles. The van der Waals surface area contributed by atoms with Crippen LogP contribution < -0.4 is 10.5 Å². The molecule has 30 heavy (non-hydrogen) atoms. The van der Waals surface area contributed by atoms with E-state index in [4.69, 9.17) is 0 Å². The summed E-state index contributed by atoms with van der Waals surface area (Å²) in [4.78, 5) is 47.5. The molecule has 1 aromatic heterocycles. The molecule has 1 aliphatic carbocycles. The van der Waals surface area contributed by atoms with E-state index in [2.05, 4.69) is 9.88 Å². The highest BCUT2D eigenvalue weighted by atomic mass is 16.2. The lowest BCUT2D eigenvalue weighted by molar-refractivity contribution is -0.136. The van der Waals surface area contributed by atoms with E-state index in [-0.39, 0.29) is 23.3 Å². The van der Waals surface area contributed by atoms with E-state index in [1.165, 1.54) is 12.8 Å². The molecule has 2 aliphatic heterocycles. The average molecular weight is 409 g/mol. The molecule has 0 radical (unpaired) electrons. The fraction of sp³-hybridized carbons (Fsp3) is 0.545. The van der Waals surface area contributed by atoms with Crippen LogP contribution in [0.2, 0.25) is 0 Å². The van der Waals surface area contributed by atoms with E-state index in [1.807, 2.05) is 23.1 Å². The lowest BCUT2D eigenvalue weighted by atomic mass is 10.1. The smallest absolute Gasteiger partial charge is 0.261 e. The Morgan fingerprint density at radius 2 is 1.90 bits per heavy atom. The van der Waals surface area contributed by atoms with Gasteiger partial charge in [0, 0.05) is 58.4 Å². The van der Waals surface area contributed by atoms with Gasteiger partial charge < -0.3 is 14.7 Å². The predicted octanol–water partition coefficient (Wildman–Crippen LogP) is 0.933. The van der Waals surface area contributed by atoms with Crippen LogP contribution in [0.3, 0.4) is 0 Å². The van der Waals surface area contributed by atoms with Gasteiger partial charge in [0.15, 0.2) is 0 Å². The number of amides is 2. The standard InChI is InChI=1S/C22H27N5O3/c1-24-13-16(10-20(24)28)21(29)26-8-6-25(7-9-26)17-4-5-18-19(11-17)23-14-27(22(18)30)12-15-2-3-15/h4-5,11,14-16H,2-3,6-10,12-13H2,1H3. The molecule has 1 saturated carbocycles. The number of aromatic nitrogens is 2. The molecule has 1 atom stereocenters. The number of carbonyl (C=O) groups excluding carboxylic acids is 2. The molecule has 2 aromatic rings. The normalized spacial score (nSPS) is 22.2. The highest BCUT2D eigenvalue weighted by molar-refractivity contribution is 5.89. The Bertz CT molecular complexity index is 1050. The van der Waals surface area contributed by atoms with Crippen molar-refractivity contribution in [2.24, 2.45) is 11.8 Å². The summed E-state index contributed by atoms with van der Waals surface area (Å²) < 4.78 is 1.73. The first-order valence-corrected chi connectivity index (χ1v) is 10.8. The molecule has 1 aromatic carbocycles. The molecular formula is C22H27N5O3. The molecule has 8 nitrogen and oxygen atoms in total. The molecule has 0 bridgehead atoms. The number of piperazine rings is 1. The van der Waals surface area contributed by atoms with Gasteiger partial charge in [-0.15, -0.1) is 0 Å². The molecule has 0 N–H and O–H groups in total. The Morgan fingerprint density at radius 1 is 1.13 bits per heavy atom. The summed E-state index contributed by atoms with van der Waals surface area (Å²) in [5.41, 5.74) is 1.78. The highest BCUT2D eigenvalue weighted by Crippen LogP contribution is 2.30. The van der Waals surface area contributed by atoms with E-state index in [0.717, 1.165) is 30.8 Å². The van der Waals surface area contributed by atoms with Crippen LogP contribution >= 0.6 is 0 Å². The molecule has 5 rings (SSSR count). The molecule has 3 fully saturated rings. The SMILES string of the molecule is CN1CC(C(=O)N2CCN(c3ccc4c(=O)n(CC5CC5)cnc4c3)CC2)CC1=O. The van der Waals surface area contributed by atoms with E-state index in [9.17, 15) is 14.4 Å². The first kappa shape index (κ1) is 19.1. The zero-order chi connectivity index (χ0) is 20.8. The Kier molecular flexibility index (Phi) is 4.72. The van der Waals surface area contributed by atoms with Gasteiger partial charge >= 0.3 is 0 Å². The summed E-state index contributed by atoms with van der Waals surface area (Å²) >= 11 is 0. The van der Waals surface area contributed by atoms with Gasteiger partial charge in [0.25, 0.3) is 5.56 Å². The van der Waals surface area contributed by atoms with E-state index in [1.54, 1.807) is 22.8 Å². The van der Waals surface area contributed by atoms with Crippen LogP contribution in [-0.4, -0.2) is 70.9 Å². The number of hydrogen-bond acceptors (Lipinski definition) is 5. The molecule has 3 aliphatic rings. The Balaban J connectivity index is 1.26. The number of carbonyl (C=O) groups is 2. The lowest BCUT2D eigenvalue weighted by Crippen LogP contribution is -2.50. The van der Waals surface area contributed by atoms with Crippen molar-refractivity contribution in [2.75, 3.05) is 44.7 Å². The number of benzene rings is 1. The van der Waals surface area contributed by atoms with Gasteiger partial charge in [-0.25, -0.2) is 4.98 Å². The second-order valence-electron chi connectivity index (χ2n) is 8.83. The summed E-state index contributed by atoms with van der Waals surface area (Å²) in [6.07, 6.45) is 4.39. The highest BCUT2D eigenvalue weighted by Gasteiger charge is 2.35. The number of fused-ring (bicyclic) bond motifs is 1. The fourth-order valence-electron chi connectivity index (χ4n) is 4.52. The van der Waals surface area contributed by atoms with Crippen molar-refractivity contribution >= 4 is 28.4 Å². The van der Waals surface area contributed by atoms with Crippen molar-refractivity contribution in [1.82, 2.24) is 19.4 Å². The topological polar surface area (TPSA) is 78.8 Å². The van der Waals surface area contributed by atoms with Crippen LogP contribution in [0.1, 0.15) is 19.3 Å². The monoisotopic (exact) mass is 409 g/mol. The van der Waals surface area contributed by atoms with Crippen molar-refractivity contribution in [3.8, 4) is 0 Å². The molecule has 2 saturated heterocycles. The van der Waals surface area contributed by atoms with Gasteiger partial charge in [-0.05, 0) is 37.0 Å². The molecule has 8 heteroatoms. The number of anilines is 1. The van der Waals surface area contributed by atoms with E-state index >= 15 is 0 Å². The zero-order valence-electron chi connectivity index (χ0n) is 17.3. The number of nitrogens with zero attached hydrogens (tertiary/aromatic N) is 5. The Morgan fingerprint density at radius 3 is 2.57 bits per heavy atom. The van der Waals surface area contributed by atoms with E-state index in [0.29, 0.717) is 37.4 Å². The summed E-state index contributed by atoms with van der Waals surface area (Å²) in [6.45, 7) is 4.02. The molecule has 2 amide bonds. The van der Waals surface area contributed by atoms with Crippen molar-refractivity contribution in [1.29, 1.82) is 0 Å². The molecule has 158 valence electrons. The molecule has 1 unspecified atom stereocenters. The van der Waals surface area contributed by atoms with Crippen molar-refractivity contribution in [3.63, 3.8) is 0 Å². The first-order valence-electron chi connectivity index (χ1n) is 10.8. The number of rotatable bonds is 4. The van der Waals surface area contributed by atoms with Crippen LogP contribution in [0, 0.1) is 11.8 Å². The maximum absolute atomic E-state index is 12.7. The zero-order valence-corrected chi connectivity index (χ0v) is 17.3. The van der Waals surface area contributed by atoms with Gasteiger partial charge in [-0.3, -0.25) is 19.0 Å². The Hall–Kier alpha value is -2.90. The number of likely N-dealkylation sites (tertiary alicyclic amines) is 1. The van der Waals surface area contributed by atoms with Gasteiger partial charge in [-0.1, -0.05) is 0 Å². The lowest BCUT2D eigenvalue weighted by Gasteiger charge is -2.37. The summed E-state index contributed by atoms with van der Waals surface area (Å²) in [5.74, 6) is 0.551. The summed E-state index contributed by atoms with van der Waals surface area (Å²) in [7, 11) is 1.75. The average Bonchev–Trinajstić information content (AvgIpc) is 3.52. The van der Waals surface area contributed by atoms with Gasteiger partial charge in [0.05, 0.1) is 23.1 Å². The van der Waals surface area contributed by atoms with Gasteiger partial charge in [0.2, 0.25) is 11.8 Å². The number of hydrogen-bond donors (Lipinski definition) is 0. The minimum absolute atomic E-state index is 0.0324. The Labute approximate surface area is 175 Å². The van der Waals surface area contributed by atoms with Gasteiger partial charge in [-0.2, -0.15) is 0 Å². The van der Waals surface area contributed by atoms with E-state index < -0.39 is 0 Å². The first-order chi connectivity index (χ1) is 14.5. The van der Waals surface area contributed by atoms with Crippen LogP contribution in [0.5, 0.6) is 0 Å². The van der Waals surface area contributed by atoms with Crippen molar-refractivity contribution < 1.29 is 9.59 Å². The minimum atomic E-state index is -0.211. The molecular weight excluding hydrogens is 382 g/mol. The second kappa shape index (κ2) is 7.41. The maximum Gasteiger partial charge on any atom is 0.261 e. The van der Waals surface area contributed by atoms with Crippen molar-refractivity contribution in [3.05, 3.63) is 34.9 Å². The summed E-state index contributed by atoms with van der Waals surface area (Å²) in [5, 5.41) is 0.658. The van der Waals surface area contributed by atoms with Crippen LogP contribution in [0.15, 0.2) is 29.3 Å². The molecule has 0 spiro atoms. The largest absolute Gasteiger partial charge is 0.368 e. The van der Waals surface area contributed by atoms with Crippen LogP contribution in [-0.2, 0) is 16.1 Å². The third-order valence-corrected chi connectivity index (χ3v) is 6.61. The minimum Gasteiger partial charge on any atom is -0.368 e. The third-order valence-electron chi connectivity index (χ3n) is 6.61. The maximum atomic E-state index is 12.7. The third kappa shape index (κ3) is 3.55. The van der Waals surface area contributed by atoms with Crippen LogP contribution in [0.25, 0.3) is 10.9 Å². The summed E-state index contributed by atoms with van der Waals surface area (Å²) in [6, 6.07) is 5.83.